The van der Waals surface area contributed by atoms with Crippen molar-refractivity contribution in [1.82, 2.24) is 0 Å². The Labute approximate surface area is 129 Å². The van der Waals surface area contributed by atoms with E-state index in [2.05, 4.69) is 16.8 Å². The van der Waals surface area contributed by atoms with Gasteiger partial charge in [0.05, 0.1) is 16.3 Å². The summed E-state index contributed by atoms with van der Waals surface area (Å²) in [5, 5.41) is 14.5. The van der Waals surface area contributed by atoms with Crippen molar-refractivity contribution >= 4 is 22.7 Å². The zero-order chi connectivity index (χ0) is 15.7. The van der Waals surface area contributed by atoms with Gasteiger partial charge in [0.25, 0.3) is 5.69 Å². The lowest BCUT2D eigenvalue weighted by atomic mass is 10.1. The van der Waals surface area contributed by atoms with Crippen molar-refractivity contribution in [2.45, 2.75) is 13.5 Å². The first-order valence-corrected chi connectivity index (χ1v) is 7.08. The van der Waals surface area contributed by atoms with Crippen LogP contribution in [0.1, 0.15) is 12.5 Å². The van der Waals surface area contributed by atoms with Gasteiger partial charge in [-0.25, -0.2) is 0 Å². The quantitative estimate of drug-likeness (QED) is 0.523. The van der Waals surface area contributed by atoms with Crippen molar-refractivity contribution in [3.63, 3.8) is 0 Å². The molecule has 5 nitrogen and oxygen atoms in total. The topological polar surface area (TPSA) is 58.4 Å². The summed E-state index contributed by atoms with van der Waals surface area (Å²) in [7, 11) is 0. The average molecular weight is 295 g/mol. The van der Waals surface area contributed by atoms with Crippen molar-refractivity contribution in [2.75, 3.05) is 16.8 Å². The van der Waals surface area contributed by atoms with Crippen molar-refractivity contribution in [3.8, 4) is 0 Å². The molecule has 0 aromatic heterocycles. The number of rotatable bonds is 3. The molecule has 0 fully saturated rings. The first kappa shape index (κ1) is 14.1. The number of nitrogens with one attached hydrogen (secondary N) is 1. The van der Waals surface area contributed by atoms with Crippen molar-refractivity contribution in [1.29, 1.82) is 0 Å². The van der Waals surface area contributed by atoms with Crippen LogP contribution in [0.2, 0.25) is 0 Å². The summed E-state index contributed by atoms with van der Waals surface area (Å²) in [5.74, 6) is 0. The molecule has 1 aliphatic rings. The molecule has 5 heteroatoms. The Kier molecular flexibility index (Phi) is 3.55. The molecule has 0 amide bonds. The smallest absolute Gasteiger partial charge is 0.293 e. The van der Waals surface area contributed by atoms with Crippen LogP contribution in [0.4, 0.5) is 22.7 Å². The maximum absolute atomic E-state index is 11.3. The first-order valence-electron chi connectivity index (χ1n) is 7.08. The van der Waals surface area contributed by atoms with E-state index in [1.54, 1.807) is 6.07 Å². The predicted molar refractivity (Wildman–Crippen MR) is 88.7 cm³/mol. The zero-order valence-electron chi connectivity index (χ0n) is 12.4. The van der Waals surface area contributed by atoms with Crippen LogP contribution in [0, 0.1) is 10.1 Å². The summed E-state index contributed by atoms with van der Waals surface area (Å²) in [5.41, 5.74) is 4.52. The first-order chi connectivity index (χ1) is 10.6. The summed E-state index contributed by atoms with van der Waals surface area (Å²) in [6.45, 7) is 7.28. The van der Waals surface area contributed by atoms with E-state index in [1.807, 2.05) is 37.3 Å². The van der Waals surface area contributed by atoms with Gasteiger partial charge < -0.3 is 10.2 Å². The number of hydrogen-bond acceptors (Lipinski definition) is 4. The van der Waals surface area contributed by atoms with Crippen molar-refractivity contribution < 1.29 is 4.92 Å². The van der Waals surface area contributed by atoms with E-state index < -0.39 is 0 Å². The molecule has 3 rings (SSSR count). The van der Waals surface area contributed by atoms with Gasteiger partial charge in [0.1, 0.15) is 5.69 Å². The van der Waals surface area contributed by atoms with Crippen LogP contribution in [0.5, 0.6) is 0 Å². The molecule has 1 heterocycles. The van der Waals surface area contributed by atoms with Crippen LogP contribution >= 0.6 is 0 Å². The molecular weight excluding hydrogens is 278 g/mol. The molecule has 0 saturated carbocycles. The summed E-state index contributed by atoms with van der Waals surface area (Å²) < 4.78 is 0. The zero-order valence-corrected chi connectivity index (χ0v) is 12.4. The van der Waals surface area contributed by atoms with Crippen LogP contribution in [0.15, 0.2) is 54.6 Å². The van der Waals surface area contributed by atoms with Gasteiger partial charge in [0.2, 0.25) is 0 Å². The van der Waals surface area contributed by atoms with Gasteiger partial charge >= 0.3 is 0 Å². The third kappa shape index (κ3) is 2.53. The third-order valence-corrected chi connectivity index (χ3v) is 3.65. The fourth-order valence-corrected chi connectivity index (χ4v) is 2.76. The van der Waals surface area contributed by atoms with Gasteiger partial charge in [-0.2, -0.15) is 0 Å². The number of nitro groups is 1. The molecule has 0 spiro atoms. The fraction of sp³-hybridized carbons (Fsp3) is 0.176. The molecule has 0 bridgehead atoms. The number of fused-ring (bicyclic) bond motifs is 2. The third-order valence-electron chi connectivity index (χ3n) is 3.65. The molecule has 2 aromatic carbocycles. The maximum atomic E-state index is 11.3. The second kappa shape index (κ2) is 5.52. The second-order valence-corrected chi connectivity index (χ2v) is 5.52. The summed E-state index contributed by atoms with van der Waals surface area (Å²) in [6, 6.07) is 13.0. The Hall–Kier alpha value is -2.82. The molecule has 112 valence electrons. The van der Waals surface area contributed by atoms with E-state index in [9.17, 15) is 10.1 Å². The summed E-state index contributed by atoms with van der Waals surface area (Å²) >= 11 is 0. The highest BCUT2D eigenvalue weighted by atomic mass is 16.6. The highest BCUT2D eigenvalue weighted by molar-refractivity contribution is 5.83. The number of benzene rings is 2. The molecule has 0 radical (unpaired) electrons. The number of hydrogen-bond donors (Lipinski definition) is 1. The van der Waals surface area contributed by atoms with E-state index in [-0.39, 0.29) is 10.6 Å². The highest BCUT2D eigenvalue weighted by Crippen LogP contribution is 2.39. The summed E-state index contributed by atoms with van der Waals surface area (Å²) in [4.78, 5) is 13.1. The number of nitrogens with zero attached hydrogens (tertiary/aromatic N) is 2. The van der Waals surface area contributed by atoms with E-state index in [4.69, 9.17) is 0 Å². The maximum Gasteiger partial charge on any atom is 0.293 e. The molecule has 0 aliphatic carbocycles. The fourth-order valence-electron chi connectivity index (χ4n) is 2.76. The Bertz CT molecular complexity index is 755. The highest BCUT2D eigenvalue weighted by Gasteiger charge is 2.24. The van der Waals surface area contributed by atoms with Gasteiger partial charge in [-0.15, -0.1) is 0 Å². The van der Waals surface area contributed by atoms with Gasteiger partial charge in [-0.3, -0.25) is 10.1 Å². The SMILES string of the molecule is C=C(C)CN1Cc2cccc([N+](=O)[O-])c2Nc2ccccc21. The van der Waals surface area contributed by atoms with Crippen LogP contribution in [-0.4, -0.2) is 11.5 Å². The minimum absolute atomic E-state index is 0.101. The lowest BCUT2D eigenvalue weighted by Gasteiger charge is -2.24. The Morgan fingerprint density at radius 3 is 2.82 bits per heavy atom. The van der Waals surface area contributed by atoms with E-state index >= 15 is 0 Å². The minimum atomic E-state index is -0.344. The number of nitro benzene ring substituents is 1. The minimum Gasteiger partial charge on any atom is -0.361 e. The molecular formula is C17H17N3O2. The lowest BCUT2D eigenvalue weighted by Crippen LogP contribution is -2.23. The van der Waals surface area contributed by atoms with Crippen LogP contribution in [0.3, 0.4) is 0 Å². The predicted octanol–water partition coefficient (Wildman–Crippen LogP) is 4.23. The van der Waals surface area contributed by atoms with E-state index in [1.165, 1.54) is 6.07 Å². The van der Waals surface area contributed by atoms with E-state index in [0.717, 1.165) is 22.5 Å². The van der Waals surface area contributed by atoms with Crippen molar-refractivity contribution in [2.24, 2.45) is 0 Å². The van der Waals surface area contributed by atoms with Crippen LogP contribution < -0.4 is 10.2 Å². The van der Waals surface area contributed by atoms with E-state index in [0.29, 0.717) is 18.8 Å². The van der Waals surface area contributed by atoms with Gasteiger partial charge in [-0.1, -0.05) is 36.4 Å². The Morgan fingerprint density at radius 1 is 1.32 bits per heavy atom. The standard InChI is InChI=1S/C17H17N3O2/c1-12(2)10-19-11-13-6-5-9-16(20(21)22)17(13)18-14-7-3-4-8-15(14)19/h3-9,18H,1,10-11H2,2H3. The molecule has 1 N–H and O–H groups in total. The Balaban J connectivity index is 2.15. The molecule has 22 heavy (non-hydrogen) atoms. The molecule has 0 unspecified atom stereocenters. The Morgan fingerprint density at radius 2 is 2.09 bits per heavy atom. The van der Waals surface area contributed by atoms with Gasteiger partial charge in [-0.05, 0) is 19.1 Å². The lowest BCUT2D eigenvalue weighted by molar-refractivity contribution is -0.384. The van der Waals surface area contributed by atoms with Crippen molar-refractivity contribution in [3.05, 3.63) is 70.3 Å². The molecule has 0 saturated heterocycles. The van der Waals surface area contributed by atoms with Crippen LogP contribution in [0.25, 0.3) is 0 Å². The number of anilines is 3. The van der Waals surface area contributed by atoms with Gasteiger partial charge in [0, 0.05) is 24.7 Å². The molecule has 1 aliphatic heterocycles. The normalized spacial score (nSPS) is 12.7. The van der Waals surface area contributed by atoms with Crippen LogP contribution in [-0.2, 0) is 6.54 Å². The molecule has 0 atom stereocenters. The van der Waals surface area contributed by atoms with Gasteiger partial charge in [0.15, 0.2) is 0 Å². The average Bonchev–Trinajstić information content (AvgIpc) is 2.62. The monoisotopic (exact) mass is 295 g/mol. The largest absolute Gasteiger partial charge is 0.361 e. The summed E-state index contributed by atoms with van der Waals surface area (Å²) in [6.07, 6.45) is 0. The second-order valence-electron chi connectivity index (χ2n) is 5.52. The number of para-hydroxylation sites is 3. The molecule has 2 aromatic rings.